The maximum Gasteiger partial charge on any atom is 0.330 e. The molecule has 0 aliphatic carbocycles. The Labute approximate surface area is 139 Å². The van der Waals surface area contributed by atoms with Gasteiger partial charge in [-0.2, -0.15) is 10.1 Å². The first-order chi connectivity index (χ1) is 10.9. The largest absolute Gasteiger partial charge is 0.463 e. The van der Waals surface area contributed by atoms with Crippen molar-refractivity contribution in [3.05, 3.63) is 34.7 Å². The molecule has 2 aromatic heterocycles. The lowest BCUT2D eigenvalue weighted by Gasteiger charge is -2.11. The lowest BCUT2D eigenvalue weighted by molar-refractivity contribution is -0.137. The summed E-state index contributed by atoms with van der Waals surface area (Å²) >= 11 is 5.93. The standard InChI is InChI=1S/C15H18ClN5O2/c1-4-23-13(22)6-5-10-8-18-21(14(10)9(2)3)12-7-11(16)19-15(17)20-12/h5-9H,4H2,1-3H3,(H2,17,19,20)/b6-5+. The van der Waals surface area contributed by atoms with Crippen molar-refractivity contribution in [1.29, 1.82) is 0 Å². The number of halogens is 1. The summed E-state index contributed by atoms with van der Waals surface area (Å²) in [5.74, 6) is 0.280. The van der Waals surface area contributed by atoms with Gasteiger partial charge in [0.2, 0.25) is 5.95 Å². The third-order valence-corrected chi connectivity index (χ3v) is 3.18. The van der Waals surface area contributed by atoms with E-state index in [1.54, 1.807) is 29.9 Å². The SMILES string of the molecule is CCOC(=O)/C=C/c1cnn(-c2cc(Cl)nc(N)n2)c1C(C)C. The summed E-state index contributed by atoms with van der Waals surface area (Å²) in [5.41, 5.74) is 7.31. The second-order valence-corrected chi connectivity index (χ2v) is 5.43. The van der Waals surface area contributed by atoms with Gasteiger partial charge in [0.1, 0.15) is 5.15 Å². The zero-order valence-electron chi connectivity index (χ0n) is 13.2. The van der Waals surface area contributed by atoms with Crippen LogP contribution in [0.2, 0.25) is 5.15 Å². The molecule has 0 aliphatic rings. The number of nitrogens with zero attached hydrogens (tertiary/aromatic N) is 4. The minimum absolute atomic E-state index is 0.0707. The van der Waals surface area contributed by atoms with E-state index in [1.165, 1.54) is 6.08 Å². The fraction of sp³-hybridized carbons (Fsp3) is 0.333. The summed E-state index contributed by atoms with van der Waals surface area (Å²) in [6.45, 7) is 6.12. The number of rotatable bonds is 5. The number of hydrogen-bond donors (Lipinski definition) is 1. The van der Waals surface area contributed by atoms with Gasteiger partial charge in [-0.1, -0.05) is 25.4 Å². The van der Waals surface area contributed by atoms with E-state index in [0.717, 1.165) is 11.3 Å². The highest BCUT2D eigenvalue weighted by molar-refractivity contribution is 6.29. The van der Waals surface area contributed by atoms with Gasteiger partial charge in [0.15, 0.2) is 5.82 Å². The Hall–Kier alpha value is -2.41. The fourth-order valence-electron chi connectivity index (χ4n) is 2.14. The predicted molar refractivity (Wildman–Crippen MR) is 88.3 cm³/mol. The van der Waals surface area contributed by atoms with Crippen molar-refractivity contribution in [2.45, 2.75) is 26.7 Å². The number of carbonyl (C=O) groups is 1. The van der Waals surface area contributed by atoms with Gasteiger partial charge in [-0.3, -0.25) is 0 Å². The summed E-state index contributed by atoms with van der Waals surface area (Å²) in [6.07, 6.45) is 4.69. The molecule has 2 heterocycles. The zero-order valence-corrected chi connectivity index (χ0v) is 13.9. The average Bonchev–Trinajstić information content (AvgIpc) is 2.88. The van der Waals surface area contributed by atoms with Crippen molar-refractivity contribution in [2.75, 3.05) is 12.3 Å². The quantitative estimate of drug-likeness (QED) is 0.512. The van der Waals surface area contributed by atoms with Crippen LogP contribution in [0, 0.1) is 0 Å². The van der Waals surface area contributed by atoms with E-state index in [4.69, 9.17) is 22.1 Å². The van der Waals surface area contributed by atoms with Crippen LogP contribution < -0.4 is 5.73 Å². The molecule has 0 amide bonds. The smallest absolute Gasteiger partial charge is 0.330 e. The molecule has 0 bridgehead atoms. The molecule has 0 aliphatic heterocycles. The third-order valence-electron chi connectivity index (χ3n) is 2.98. The average molecular weight is 336 g/mol. The van der Waals surface area contributed by atoms with Gasteiger partial charge in [0.25, 0.3) is 0 Å². The van der Waals surface area contributed by atoms with Gasteiger partial charge < -0.3 is 10.5 Å². The molecule has 7 nitrogen and oxygen atoms in total. The molecule has 0 aromatic carbocycles. The lowest BCUT2D eigenvalue weighted by Crippen LogP contribution is -2.09. The number of nitrogen functional groups attached to an aromatic ring is 1. The summed E-state index contributed by atoms with van der Waals surface area (Å²) in [5, 5.41) is 4.56. The zero-order chi connectivity index (χ0) is 17.0. The highest BCUT2D eigenvalue weighted by Crippen LogP contribution is 2.24. The molecule has 0 unspecified atom stereocenters. The molecule has 0 fully saturated rings. The molecule has 122 valence electrons. The molecular weight excluding hydrogens is 318 g/mol. The maximum absolute atomic E-state index is 11.5. The van der Waals surface area contributed by atoms with E-state index in [1.807, 2.05) is 13.8 Å². The molecule has 0 spiro atoms. The van der Waals surface area contributed by atoms with Gasteiger partial charge in [0.05, 0.1) is 18.5 Å². The van der Waals surface area contributed by atoms with Crippen LogP contribution in [0.1, 0.15) is 37.9 Å². The summed E-state index contributed by atoms with van der Waals surface area (Å²) in [4.78, 5) is 19.5. The van der Waals surface area contributed by atoms with Crippen LogP contribution >= 0.6 is 11.6 Å². The van der Waals surface area contributed by atoms with Crippen molar-refractivity contribution in [3.63, 3.8) is 0 Å². The summed E-state index contributed by atoms with van der Waals surface area (Å²) in [7, 11) is 0. The molecular formula is C15H18ClN5O2. The van der Waals surface area contributed by atoms with E-state index in [0.29, 0.717) is 12.4 Å². The van der Waals surface area contributed by atoms with E-state index < -0.39 is 5.97 Å². The molecule has 2 aromatic rings. The van der Waals surface area contributed by atoms with Crippen LogP contribution in [0.3, 0.4) is 0 Å². The van der Waals surface area contributed by atoms with Crippen LogP contribution in [0.4, 0.5) is 5.95 Å². The molecule has 0 atom stereocenters. The van der Waals surface area contributed by atoms with Gasteiger partial charge >= 0.3 is 5.97 Å². The number of carbonyl (C=O) groups excluding carboxylic acids is 1. The van der Waals surface area contributed by atoms with Gasteiger partial charge in [-0.15, -0.1) is 0 Å². The molecule has 2 N–H and O–H groups in total. The third kappa shape index (κ3) is 4.07. The first-order valence-corrected chi connectivity index (χ1v) is 7.53. The Morgan fingerprint density at radius 3 is 2.83 bits per heavy atom. The topological polar surface area (TPSA) is 95.9 Å². The number of anilines is 1. The Kier molecular flexibility index (Phi) is 5.33. The second-order valence-electron chi connectivity index (χ2n) is 5.04. The summed E-state index contributed by atoms with van der Waals surface area (Å²) < 4.78 is 6.52. The van der Waals surface area contributed by atoms with Crippen LogP contribution in [-0.4, -0.2) is 32.3 Å². The maximum atomic E-state index is 11.5. The number of ether oxygens (including phenoxy) is 1. The van der Waals surface area contributed by atoms with Gasteiger partial charge in [-0.25, -0.2) is 14.5 Å². The van der Waals surface area contributed by atoms with Gasteiger partial charge in [-0.05, 0) is 18.9 Å². The number of nitrogens with two attached hydrogens (primary N) is 1. The molecule has 2 rings (SSSR count). The van der Waals surface area contributed by atoms with E-state index in [9.17, 15) is 4.79 Å². The predicted octanol–water partition coefficient (Wildman–Crippen LogP) is 2.60. The normalized spacial score (nSPS) is 11.3. The molecule has 0 saturated carbocycles. The fourth-order valence-corrected chi connectivity index (χ4v) is 2.32. The number of aromatic nitrogens is 4. The Bertz CT molecular complexity index is 719. The number of esters is 1. The Morgan fingerprint density at radius 2 is 2.22 bits per heavy atom. The van der Waals surface area contributed by atoms with Crippen molar-refractivity contribution >= 4 is 29.6 Å². The van der Waals surface area contributed by atoms with E-state index in [-0.39, 0.29) is 17.0 Å². The van der Waals surface area contributed by atoms with Crippen LogP contribution in [0.15, 0.2) is 18.3 Å². The first kappa shape index (κ1) is 17.0. The van der Waals surface area contributed by atoms with Crippen molar-refractivity contribution < 1.29 is 9.53 Å². The molecule has 8 heteroatoms. The highest BCUT2D eigenvalue weighted by Gasteiger charge is 2.16. The Balaban J connectivity index is 2.44. The lowest BCUT2D eigenvalue weighted by atomic mass is 10.1. The Morgan fingerprint density at radius 1 is 1.48 bits per heavy atom. The molecule has 0 radical (unpaired) electrons. The van der Waals surface area contributed by atoms with E-state index >= 15 is 0 Å². The summed E-state index contributed by atoms with van der Waals surface area (Å²) in [6, 6.07) is 1.58. The molecule has 0 saturated heterocycles. The van der Waals surface area contributed by atoms with Crippen molar-refractivity contribution in [2.24, 2.45) is 0 Å². The van der Waals surface area contributed by atoms with Gasteiger partial charge in [0, 0.05) is 17.7 Å². The second kappa shape index (κ2) is 7.23. The van der Waals surface area contributed by atoms with Crippen molar-refractivity contribution in [1.82, 2.24) is 19.7 Å². The van der Waals surface area contributed by atoms with Crippen LogP contribution in [-0.2, 0) is 9.53 Å². The first-order valence-electron chi connectivity index (χ1n) is 7.15. The van der Waals surface area contributed by atoms with Crippen LogP contribution in [0.25, 0.3) is 11.9 Å². The van der Waals surface area contributed by atoms with Crippen molar-refractivity contribution in [3.8, 4) is 5.82 Å². The minimum atomic E-state index is -0.399. The van der Waals surface area contributed by atoms with E-state index in [2.05, 4.69) is 15.1 Å². The van der Waals surface area contributed by atoms with Crippen LogP contribution in [0.5, 0.6) is 0 Å². The highest BCUT2D eigenvalue weighted by atomic mass is 35.5. The number of hydrogen-bond acceptors (Lipinski definition) is 6. The monoisotopic (exact) mass is 335 g/mol. The minimum Gasteiger partial charge on any atom is -0.463 e. The molecule has 23 heavy (non-hydrogen) atoms.